The van der Waals surface area contributed by atoms with Crippen molar-refractivity contribution in [2.24, 2.45) is 0 Å². The number of aryl methyl sites for hydroxylation is 1. The van der Waals surface area contributed by atoms with E-state index >= 15 is 0 Å². The minimum atomic E-state index is -0.271. The van der Waals surface area contributed by atoms with Gasteiger partial charge in [-0.25, -0.2) is 0 Å². The van der Waals surface area contributed by atoms with Gasteiger partial charge < -0.3 is 14.8 Å². The quantitative estimate of drug-likeness (QED) is 0.694. The first kappa shape index (κ1) is 17.7. The number of amides is 1. The summed E-state index contributed by atoms with van der Waals surface area (Å²) in [6.45, 7) is 2.60. The van der Waals surface area contributed by atoms with Crippen molar-refractivity contribution in [3.63, 3.8) is 0 Å². The van der Waals surface area contributed by atoms with Crippen molar-refractivity contribution in [1.82, 2.24) is 9.78 Å². The Labute approximate surface area is 165 Å². The van der Waals surface area contributed by atoms with Crippen LogP contribution in [0.15, 0.2) is 42.5 Å². The van der Waals surface area contributed by atoms with E-state index in [1.807, 2.05) is 19.1 Å². The number of hydrogen-bond donors (Lipinski definition) is 1. The maximum absolute atomic E-state index is 12.5. The molecule has 1 aromatic heterocycles. The molecule has 0 spiro atoms. The van der Waals surface area contributed by atoms with E-state index in [1.165, 1.54) is 0 Å². The summed E-state index contributed by atoms with van der Waals surface area (Å²) < 4.78 is 12.3. The van der Waals surface area contributed by atoms with E-state index in [1.54, 1.807) is 35.0 Å². The first-order valence-corrected chi connectivity index (χ1v) is 8.94. The normalized spacial score (nSPS) is 12.3. The minimum absolute atomic E-state index is 0.165. The fourth-order valence-electron chi connectivity index (χ4n) is 2.77. The van der Waals surface area contributed by atoms with E-state index in [-0.39, 0.29) is 12.7 Å². The van der Waals surface area contributed by atoms with Crippen LogP contribution >= 0.6 is 23.2 Å². The van der Waals surface area contributed by atoms with Gasteiger partial charge in [0.25, 0.3) is 5.91 Å². The molecule has 0 saturated carbocycles. The van der Waals surface area contributed by atoms with Crippen LogP contribution in [0.5, 0.6) is 11.5 Å². The van der Waals surface area contributed by atoms with Crippen molar-refractivity contribution in [3.8, 4) is 11.5 Å². The summed E-state index contributed by atoms with van der Waals surface area (Å²) in [5, 5.41) is 8.25. The molecule has 1 N–H and O–H groups in total. The molecule has 4 rings (SSSR count). The van der Waals surface area contributed by atoms with E-state index in [2.05, 4.69) is 10.4 Å². The van der Waals surface area contributed by atoms with Gasteiger partial charge in [-0.2, -0.15) is 5.10 Å². The average molecular weight is 404 g/mol. The van der Waals surface area contributed by atoms with Crippen LogP contribution in [0.4, 0.5) is 5.82 Å². The number of fused-ring (bicyclic) bond motifs is 1. The van der Waals surface area contributed by atoms with Crippen molar-refractivity contribution in [2.75, 3.05) is 12.1 Å². The topological polar surface area (TPSA) is 65.4 Å². The summed E-state index contributed by atoms with van der Waals surface area (Å²) in [5.74, 6) is 1.39. The largest absolute Gasteiger partial charge is 0.454 e. The fourth-order valence-corrected chi connectivity index (χ4v) is 3.09. The van der Waals surface area contributed by atoms with Gasteiger partial charge in [0.1, 0.15) is 0 Å². The number of benzene rings is 2. The van der Waals surface area contributed by atoms with Gasteiger partial charge in [0, 0.05) is 17.3 Å². The number of carbonyl (C=O) groups is 1. The van der Waals surface area contributed by atoms with E-state index in [4.69, 9.17) is 32.7 Å². The van der Waals surface area contributed by atoms with Gasteiger partial charge in [-0.1, -0.05) is 29.3 Å². The molecule has 6 nitrogen and oxygen atoms in total. The van der Waals surface area contributed by atoms with Crippen LogP contribution in [-0.2, 0) is 6.54 Å². The first-order valence-electron chi connectivity index (χ1n) is 8.19. The molecule has 0 radical (unpaired) electrons. The van der Waals surface area contributed by atoms with Crippen LogP contribution in [0.3, 0.4) is 0 Å². The number of halogens is 2. The summed E-state index contributed by atoms with van der Waals surface area (Å²) in [4.78, 5) is 12.5. The van der Waals surface area contributed by atoms with Crippen molar-refractivity contribution < 1.29 is 14.3 Å². The third-order valence-corrected chi connectivity index (χ3v) is 4.91. The van der Waals surface area contributed by atoms with Crippen LogP contribution in [0, 0.1) is 6.92 Å². The van der Waals surface area contributed by atoms with Crippen LogP contribution in [0.1, 0.15) is 21.6 Å². The van der Waals surface area contributed by atoms with Gasteiger partial charge >= 0.3 is 0 Å². The Morgan fingerprint density at radius 3 is 2.74 bits per heavy atom. The van der Waals surface area contributed by atoms with Crippen molar-refractivity contribution in [3.05, 3.63) is 69.3 Å². The average Bonchev–Trinajstić information content (AvgIpc) is 3.24. The molecule has 0 aliphatic carbocycles. The van der Waals surface area contributed by atoms with E-state index in [9.17, 15) is 4.79 Å². The lowest BCUT2D eigenvalue weighted by Crippen LogP contribution is -2.13. The lowest BCUT2D eigenvalue weighted by Gasteiger charge is -2.06. The Morgan fingerprint density at radius 1 is 1.11 bits per heavy atom. The van der Waals surface area contributed by atoms with Crippen molar-refractivity contribution in [1.29, 1.82) is 0 Å². The summed E-state index contributed by atoms with van der Waals surface area (Å²) in [6, 6.07) is 12.3. The van der Waals surface area contributed by atoms with Crippen LogP contribution in [0.2, 0.25) is 10.0 Å². The molecule has 8 heteroatoms. The highest BCUT2D eigenvalue weighted by Crippen LogP contribution is 2.32. The maximum Gasteiger partial charge on any atom is 0.257 e. The summed E-state index contributed by atoms with van der Waals surface area (Å²) in [7, 11) is 0. The predicted molar refractivity (Wildman–Crippen MR) is 103 cm³/mol. The molecule has 2 heterocycles. The summed E-state index contributed by atoms with van der Waals surface area (Å²) >= 11 is 12.0. The number of ether oxygens (including phenoxy) is 2. The second kappa shape index (κ2) is 7.13. The van der Waals surface area contributed by atoms with Gasteiger partial charge in [0.2, 0.25) is 6.79 Å². The van der Waals surface area contributed by atoms with E-state index in [0.717, 1.165) is 11.3 Å². The smallest absolute Gasteiger partial charge is 0.257 e. The third kappa shape index (κ3) is 3.72. The number of hydrogen-bond acceptors (Lipinski definition) is 4. The van der Waals surface area contributed by atoms with Gasteiger partial charge in [0.15, 0.2) is 17.3 Å². The maximum atomic E-state index is 12.5. The lowest BCUT2D eigenvalue weighted by atomic mass is 10.2. The van der Waals surface area contributed by atoms with Crippen molar-refractivity contribution in [2.45, 2.75) is 13.5 Å². The molecular formula is C19H15Cl2N3O3. The van der Waals surface area contributed by atoms with Gasteiger partial charge in [-0.15, -0.1) is 0 Å². The molecule has 138 valence electrons. The highest BCUT2D eigenvalue weighted by molar-refractivity contribution is 6.42. The molecular weight excluding hydrogens is 389 g/mol. The fraction of sp³-hybridized carbons (Fsp3) is 0.158. The highest BCUT2D eigenvalue weighted by Gasteiger charge is 2.17. The molecule has 0 unspecified atom stereocenters. The molecule has 1 aliphatic rings. The Kier molecular flexibility index (Phi) is 4.68. The van der Waals surface area contributed by atoms with Crippen LogP contribution < -0.4 is 14.8 Å². The molecule has 0 fully saturated rings. The zero-order chi connectivity index (χ0) is 19.0. The van der Waals surface area contributed by atoms with Gasteiger partial charge in [0.05, 0.1) is 16.6 Å². The van der Waals surface area contributed by atoms with Gasteiger partial charge in [-0.3, -0.25) is 9.48 Å². The molecule has 1 amide bonds. The molecule has 0 atom stereocenters. The monoisotopic (exact) mass is 403 g/mol. The van der Waals surface area contributed by atoms with E-state index in [0.29, 0.717) is 39.5 Å². The number of rotatable bonds is 4. The number of nitrogens with one attached hydrogen (secondary N) is 1. The first-order chi connectivity index (χ1) is 13.0. The Bertz CT molecular complexity index is 1030. The standard InChI is InChI=1S/C19H15Cl2N3O3/c1-11-6-18(23-24(11)9-12-2-4-14(20)15(21)7-12)22-19(25)13-3-5-16-17(8-13)27-10-26-16/h2-8H,9-10H2,1H3,(H,22,23,25). The Balaban J connectivity index is 1.49. The molecule has 0 bridgehead atoms. The SMILES string of the molecule is Cc1cc(NC(=O)c2ccc3c(c2)OCO3)nn1Cc1ccc(Cl)c(Cl)c1. The minimum Gasteiger partial charge on any atom is -0.454 e. The summed E-state index contributed by atoms with van der Waals surface area (Å²) in [5.41, 5.74) is 2.34. The van der Waals surface area contributed by atoms with E-state index < -0.39 is 0 Å². The van der Waals surface area contributed by atoms with Crippen molar-refractivity contribution >= 4 is 34.9 Å². The third-order valence-electron chi connectivity index (χ3n) is 4.17. The molecule has 2 aromatic carbocycles. The molecule has 1 aliphatic heterocycles. The zero-order valence-electron chi connectivity index (χ0n) is 14.3. The number of carbonyl (C=O) groups excluding carboxylic acids is 1. The second-order valence-electron chi connectivity index (χ2n) is 6.10. The predicted octanol–water partition coefficient (Wildman–Crippen LogP) is 4.53. The molecule has 3 aromatic rings. The zero-order valence-corrected chi connectivity index (χ0v) is 15.8. The summed E-state index contributed by atoms with van der Waals surface area (Å²) in [6.07, 6.45) is 0. The lowest BCUT2D eigenvalue weighted by molar-refractivity contribution is 0.102. The second-order valence-corrected chi connectivity index (χ2v) is 6.91. The number of anilines is 1. The molecule has 27 heavy (non-hydrogen) atoms. The van der Waals surface area contributed by atoms with Crippen LogP contribution in [-0.4, -0.2) is 22.5 Å². The van der Waals surface area contributed by atoms with Crippen LogP contribution in [0.25, 0.3) is 0 Å². The van der Waals surface area contributed by atoms with Gasteiger partial charge in [-0.05, 0) is 42.8 Å². The molecule has 0 saturated heterocycles. The number of aromatic nitrogens is 2. The number of nitrogens with zero attached hydrogens (tertiary/aromatic N) is 2. The Hall–Kier alpha value is -2.70. The Morgan fingerprint density at radius 2 is 1.93 bits per heavy atom. The highest BCUT2D eigenvalue weighted by atomic mass is 35.5.